The number of nitrogens with zero attached hydrogens (tertiary/aromatic N) is 2. The van der Waals surface area contributed by atoms with Gasteiger partial charge in [0, 0.05) is 25.0 Å². The van der Waals surface area contributed by atoms with Crippen molar-refractivity contribution < 1.29 is 9.53 Å². The maximum atomic E-state index is 13.4. The molecule has 30 heavy (non-hydrogen) atoms. The number of benzene rings is 2. The Morgan fingerprint density at radius 3 is 2.63 bits per heavy atom. The molecule has 1 amide bonds. The minimum absolute atomic E-state index is 0.0202. The number of unbranched alkanes of at least 4 members (excludes halogenated alkanes) is 2. The number of methoxy groups -OCH3 is 1. The fraction of sp³-hybridized carbons (Fsp3) is 0.346. The molecule has 4 heteroatoms. The summed E-state index contributed by atoms with van der Waals surface area (Å²) < 4.78 is 7.67. The molecule has 0 aliphatic heterocycles. The molecule has 0 aliphatic carbocycles. The molecule has 0 radical (unpaired) electrons. The molecule has 0 atom stereocenters. The SMILES string of the molecule is CCCCCN(Cc1cccn1Cc1cccc(C)c1)C(=O)c1ccccc1OC. The van der Waals surface area contributed by atoms with Crippen molar-refractivity contribution in [2.75, 3.05) is 13.7 Å². The van der Waals surface area contributed by atoms with Crippen molar-refractivity contribution in [3.63, 3.8) is 0 Å². The van der Waals surface area contributed by atoms with E-state index in [1.807, 2.05) is 29.2 Å². The molecular formula is C26H32N2O2. The maximum Gasteiger partial charge on any atom is 0.257 e. The molecule has 3 aromatic rings. The summed E-state index contributed by atoms with van der Waals surface area (Å²) in [5, 5.41) is 0. The largest absolute Gasteiger partial charge is 0.496 e. The van der Waals surface area contributed by atoms with E-state index in [1.54, 1.807) is 7.11 Å². The van der Waals surface area contributed by atoms with Gasteiger partial charge in [-0.15, -0.1) is 0 Å². The van der Waals surface area contributed by atoms with E-state index in [9.17, 15) is 4.79 Å². The van der Waals surface area contributed by atoms with Crippen LogP contribution in [0.1, 0.15) is 53.4 Å². The summed E-state index contributed by atoms with van der Waals surface area (Å²) >= 11 is 0. The third-order valence-corrected chi connectivity index (χ3v) is 5.37. The van der Waals surface area contributed by atoms with E-state index in [0.29, 0.717) is 17.9 Å². The smallest absolute Gasteiger partial charge is 0.257 e. The molecule has 0 unspecified atom stereocenters. The van der Waals surface area contributed by atoms with E-state index >= 15 is 0 Å². The van der Waals surface area contributed by atoms with Gasteiger partial charge in [-0.05, 0) is 43.2 Å². The Kier molecular flexibility index (Phi) is 7.72. The van der Waals surface area contributed by atoms with Gasteiger partial charge in [0.25, 0.3) is 5.91 Å². The summed E-state index contributed by atoms with van der Waals surface area (Å²) in [4.78, 5) is 15.3. The molecular weight excluding hydrogens is 372 g/mol. The second-order valence-corrected chi connectivity index (χ2v) is 7.75. The minimum atomic E-state index is 0.0202. The topological polar surface area (TPSA) is 34.5 Å². The molecule has 0 fully saturated rings. The second kappa shape index (κ2) is 10.7. The van der Waals surface area contributed by atoms with Crippen LogP contribution in [0.25, 0.3) is 0 Å². The predicted molar refractivity (Wildman–Crippen MR) is 122 cm³/mol. The Balaban J connectivity index is 1.82. The van der Waals surface area contributed by atoms with E-state index in [-0.39, 0.29) is 5.91 Å². The van der Waals surface area contributed by atoms with Gasteiger partial charge in [0.1, 0.15) is 5.75 Å². The lowest BCUT2D eigenvalue weighted by molar-refractivity contribution is 0.0733. The maximum absolute atomic E-state index is 13.4. The molecule has 0 aliphatic rings. The van der Waals surface area contributed by atoms with Crippen LogP contribution in [0, 0.1) is 6.92 Å². The number of carbonyl (C=O) groups excluding carboxylic acids is 1. The number of aromatic nitrogens is 1. The van der Waals surface area contributed by atoms with Crippen LogP contribution in [0.5, 0.6) is 5.75 Å². The average Bonchev–Trinajstić information content (AvgIpc) is 3.19. The van der Waals surface area contributed by atoms with Crippen LogP contribution >= 0.6 is 0 Å². The molecule has 0 bridgehead atoms. The van der Waals surface area contributed by atoms with Gasteiger partial charge < -0.3 is 14.2 Å². The first-order chi connectivity index (χ1) is 14.6. The van der Waals surface area contributed by atoms with Crippen LogP contribution in [0.15, 0.2) is 66.9 Å². The number of hydrogen-bond donors (Lipinski definition) is 0. The number of amides is 1. The molecule has 158 valence electrons. The Hall–Kier alpha value is -3.01. The first-order valence-corrected chi connectivity index (χ1v) is 10.7. The molecule has 0 saturated carbocycles. The average molecular weight is 405 g/mol. The molecule has 3 rings (SSSR count). The Bertz CT molecular complexity index is 961. The molecule has 0 spiro atoms. The van der Waals surface area contributed by atoms with E-state index in [0.717, 1.165) is 38.0 Å². The highest BCUT2D eigenvalue weighted by molar-refractivity contribution is 5.96. The van der Waals surface area contributed by atoms with Gasteiger partial charge in [-0.2, -0.15) is 0 Å². The van der Waals surface area contributed by atoms with Crippen molar-refractivity contribution in [1.82, 2.24) is 9.47 Å². The standard InChI is InChI=1S/C26H32N2O2/c1-4-5-8-16-28(26(29)24-14-6-7-15-25(24)30-3)20-23-13-10-17-27(23)19-22-12-9-11-21(2)18-22/h6-7,9-15,17-18H,4-5,8,16,19-20H2,1-3H3. The van der Waals surface area contributed by atoms with Crippen LogP contribution in [0.3, 0.4) is 0 Å². The van der Waals surface area contributed by atoms with Crippen molar-refractivity contribution in [3.8, 4) is 5.75 Å². The zero-order valence-electron chi connectivity index (χ0n) is 18.3. The van der Waals surface area contributed by atoms with Gasteiger partial charge in [-0.1, -0.05) is 61.7 Å². The van der Waals surface area contributed by atoms with E-state index in [2.05, 4.69) is 61.0 Å². The Morgan fingerprint density at radius 1 is 1.03 bits per heavy atom. The van der Waals surface area contributed by atoms with Crippen LogP contribution in [-0.4, -0.2) is 29.0 Å². The first kappa shape index (κ1) is 21.7. The number of para-hydroxylation sites is 1. The third kappa shape index (κ3) is 5.53. The number of aryl methyl sites for hydroxylation is 1. The highest BCUT2D eigenvalue weighted by Crippen LogP contribution is 2.21. The summed E-state index contributed by atoms with van der Waals surface area (Å²) in [6, 6.07) is 20.2. The predicted octanol–water partition coefficient (Wildman–Crippen LogP) is 5.69. The quantitative estimate of drug-likeness (QED) is 0.407. The van der Waals surface area contributed by atoms with E-state index < -0.39 is 0 Å². The molecule has 0 N–H and O–H groups in total. The lowest BCUT2D eigenvalue weighted by Crippen LogP contribution is -2.32. The third-order valence-electron chi connectivity index (χ3n) is 5.37. The van der Waals surface area contributed by atoms with E-state index in [4.69, 9.17) is 4.74 Å². The van der Waals surface area contributed by atoms with Crippen molar-refractivity contribution in [2.45, 2.75) is 46.2 Å². The second-order valence-electron chi connectivity index (χ2n) is 7.75. The summed E-state index contributed by atoms with van der Waals surface area (Å²) in [6.45, 7) is 6.41. The summed E-state index contributed by atoms with van der Waals surface area (Å²) in [5.41, 5.74) is 4.28. The number of ether oxygens (including phenoxy) is 1. The fourth-order valence-corrected chi connectivity index (χ4v) is 3.75. The van der Waals surface area contributed by atoms with Gasteiger partial charge in [0.2, 0.25) is 0 Å². The number of hydrogen-bond acceptors (Lipinski definition) is 2. The van der Waals surface area contributed by atoms with Crippen LogP contribution in [-0.2, 0) is 13.1 Å². The Labute approximate surface area is 180 Å². The Morgan fingerprint density at radius 2 is 1.87 bits per heavy atom. The lowest BCUT2D eigenvalue weighted by Gasteiger charge is -2.24. The highest BCUT2D eigenvalue weighted by atomic mass is 16.5. The lowest BCUT2D eigenvalue weighted by atomic mass is 10.1. The van der Waals surface area contributed by atoms with Crippen molar-refractivity contribution in [2.24, 2.45) is 0 Å². The van der Waals surface area contributed by atoms with Gasteiger partial charge in [-0.25, -0.2) is 0 Å². The van der Waals surface area contributed by atoms with Gasteiger partial charge in [0.15, 0.2) is 0 Å². The fourth-order valence-electron chi connectivity index (χ4n) is 3.75. The van der Waals surface area contributed by atoms with Crippen LogP contribution < -0.4 is 4.74 Å². The van der Waals surface area contributed by atoms with Crippen molar-refractivity contribution >= 4 is 5.91 Å². The number of carbonyl (C=O) groups is 1. The zero-order valence-corrected chi connectivity index (χ0v) is 18.3. The van der Waals surface area contributed by atoms with Crippen molar-refractivity contribution in [1.29, 1.82) is 0 Å². The molecule has 4 nitrogen and oxygen atoms in total. The zero-order chi connectivity index (χ0) is 21.3. The molecule has 0 saturated heterocycles. The molecule has 1 aromatic heterocycles. The molecule has 1 heterocycles. The van der Waals surface area contributed by atoms with Crippen LogP contribution in [0.2, 0.25) is 0 Å². The normalized spacial score (nSPS) is 10.8. The summed E-state index contributed by atoms with van der Waals surface area (Å²) in [6.07, 6.45) is 5.33. The summed E-state index contributed by atoms with van der Waals surface area (Å²) in [5.74, 6) is 0.644. The first-order valence-electron chi connectivity index (χ1n) is 10.7. The summed E-state index contributed by atoms with van der Waals surface area (Å²) in [7, 11) is 1.61. The number of rotatable bonds is 10. The van der Waals surface area contributed by atoms with Gasteiger partial charge in [-0.3, -0.25) is 4.79 Å². The van der Waals surface area contributed by atoms with Crippen LogP contribution in [0.4, 0.5) is 0 Å². The minimum Gasteiger partial charge on any atom is -0.496 e. The monoisotopic (exact) mass is 404 g/mol. The van der Waals surface area contributed by atoms with Crippen molar-refractivity contribution in [3.05, 3.63) is 89.2 Å². The highest BCUT2D eigenvalue weighted by Gasteiger charge is 2.20. The van der Waals surface area contributed by atoms with E-state index in [1.165, 1.54) is 11.1 Å². The van der Waals surface area contributed by atoms with Gasteiger partial charge >= 0.3 is 0 Å². The molecule has 2 aromatic carbocycles. The van der Waals surface area contributed by atoms with Gasteiger partial charge in [0.05, 0.1) is 19.2 Å².